The van der Waals surface area contributed by atoms with E-state index in [1.165, 1.54) is 25.7 Å². The maximum atomic E-state index is 11.8. The van der Waals surface area contributed by atoms with Gasteiger partial charge in [-0.3, -0.25) is 4.79 Å². The number of hydrogen-bond donors (Lipinski definition) is 1. The van der Waals surface area contributed by atoms with E-state index in [2.05, 4.69) is 4.90 Å². The summed E-state index contributed by atoms with van der Waals surface area (Å²) in [6, 6.07) is 0.784. The van der Waals surface area contributed by atoms with Crippen molar-refractivity contribution in [2.75, 3.05) is 0 Å². The van der Waals surface area contributed by atoms with Crippen LogP contribution < -0.4 is 5.73 Å². The van der Waals surface area contributed by atoms with Crippen molar-refractivity contribution < 1.29 is 4.79 Å². The van der Waals surface area contributed by atoms with Crippen LogP contribution in [0.4, 0.5) is 0 Å². The van der Waals surface area contributed by atoms with Crippen molar-refractivity contribution >= 4 is 5.91 Å². The van der Waals surface area contributed by atoms with Crippen molar-refractivity contribution in [2.45, 2.75) is 57.2 Å². The minimum Gasteiger partial charge on any atom is -0.335 e. The van der Waals surface area contributed by atoms with E-state index in [4.69, 9.17) is 5.73 Å². The van der Waals surface area contributed by atoms with Crippen LogP contribution in [0.25, 0.3) is 0 Å². The highest BCUT2D eigenvalue weighted by Crippen LogP contribution is 2.37. The molecule has 2 aliphatic heterocycles. The Hall–Kier alpha value is -0.570. The lowest BCUT2D eigenvalue weighted by atomic mass is 10.0. The first-order valence-corrected chi connectivity index (χ1v) is 5.31. The second-order valence-electron chi connectivity index (χ2n) is 4.22. The van der Waals surface area contributed by atoms with E-state index >= 15 is 0 Å². The van der Waals surface area contributed by atoms with Crippen LogP contribution in [0.5, 0.6) is 0 Å². The number of rotatable bonds is 2. The average Bonchev–Trinajstić information content (AvgIpc) is 2.74. The largest absolute Gasteiger partial charge is 0.335 e. The van der Waals surface area contributed by atoms with Crippen LogP contribution >= 0.6 is 0 Å². The molecule has 2 fully saturated rings. The zero-order valence-corrected chi connectivity index (χ0v) is 8.20. The normalized spacial score (nSPS) is 33.8. The average molecular weight is 182 g/mol. The molecule has 0 aliphatic carbocycles. The van der Waals surface area contributed by atoms with Crippen molar-refractivity contribution in [1.82, 2.24) is 4.90 Å². The molecule has 0 aromatic carbocycles. The number of carbonyl (C=O) groups excluding carboxylic acids is 1. The molecule has 13 heavy (non-hydrogen) atoms. The van der Waals surface area contributed by atoms with Gasteiger partial charge in [0.1, 0.15) is 0 Å². The summed E-state index contributed by atoms with van der Waals surface area (Å²) in [6.45, 7) is 1.97. The molecule has 3 heteroatoms. The summed E-state index contributed by atoms with van der Waals surface area (Å²) in [5.41, 5.74) is 5.76. The van der Waals surface area contributed by atoms with Crippen molar-refractivity contribution in [3.8, 4) is 0 Å². The summed E-state index contributed by atoms with van der Waals surface area (Å²) < 4.78 is 0. The third-order valence-electron chi connectivity index (χ3n) is 3.46. The summed E-state index contributed by atoms with van der Waals surface area (Å²) in [4.78, 5) is 13.9. The van der Waals surface area contributed by atoms with Crippen molar-refractivity contribution in [2.24, 2.45) is 5.73 Å². The van der Waals surface area contributed by atoms with E-state index in [0.717, 1.165) is 6.42 Å². The molecule has 2 aliphatic rings. The Kier molecular flexibility index (Phi) is 2.28. The molecule has 74 valence electrons. The Morgan fingerprint density at radius 1 is 1.38 bits per heavy atom. The van der Waals surface area contributed by atoms with Gasteiger partial charge >= 0.3 is 0 Å². The van der Waals surface area contributed by atoms with Gasteiger partial charge in [-0.2, -0.15) is 0 Å². The molecule has 0 saturated carbocycles. The summed E-state index contributed by atoms with van der Waals surface area (Å²) >= 11 is 0. The first kappa shape index (κ1) is 9.00. The maximum absolute atomic E-state index is 11.8. The van der Waals surface area contributed by atoms with Gasteiger partial charge in [-0.15, -0.1) is 0 Å². The lowest BCUT2D eigenvalue weighted by Gasteiger charge is -2.24. The van der Waals surface area contributed by atoms with Gasteiger partial charge in [0, 0.05) is 12.1 Å². The zero-order chi connectivity index (χ0) is 9.42. The SMILES string of the molecule is CCC(N)C(=O)N1C2CCC1CC2. The molecule has 0 radical (unpaired) electrons. The van der Waals surface area contributed by atoms with E-state index < -0.39 is 0 Å². The number of hydrogen-bond acceptors (Lipinski definition) is 2. The molecule has 0 aromatic heterocycles. The van der Waals surface area contributed by atoms with Gasteiger partial charge in [-0.1, -0.05) is 6.92 Å². The molecule has 0 aromatic rings. The summed E-state index contributed by atoms with van der Waals surface area (Å²) in [5.74, 6) is 0.188. The standard InChI is InChI=1S/C10H18N2O/c1-2-9(11)10(13)12-7-3-4-8(12)6-5-7/h7-9H,2-6,11H2,1H3. The molecular formula is C10H18N2O. The zero-order valence-electron chi connectivity index (χ0n) is 8.20. The smallest absolute Gasteiger partial charge is 0.239 e. The number of amides is 1. The number of carbonyl (C=O) groups is 1. The van der Waals surface area contributed by atoms with Crippen LogP contribution in [-0.2, 0) is 4.79 Å². The summed E-state index contributed by atoms with van der Waals surface area (Å²) in [6.07, 6.45) is 5.56. The summed E-state index contributed by atoms with van der Waals surface area (Å²) in [7, 11) is 0. The molecular weight excluding hydrogens is 164 g/mol. The van der Waals surface area contributed by atoms with Gasteiger partial charge < -0.3 is 10.6 Å². The highest BCUT2D eigenvalue weighted by Gasteiger charge is 2.42. The monoisotopic (exact) mass is 182 g/mol. The first-order valence-electron chi connectivity index (χ1n) is 5.31. The third kappa shape index (κ3) is 1.35. The van der Waals surface area contributed by atoms with Gasteiger partial charge in [0.2, 0.25) is 5.91 Å². The Labute approximate surface area is 79.3 Å². The predicted molar refractivity (Wildman–Crippen MR) is 51.2 cm³/mol. The second-order valence-corrected chi connectivity index (χ2v) is 4.22. The Morgan fingerprint density at radius 2 is 1.85 bits per heavy atom. The number of nitrogens with two attached hydrogens (primary N) is 1. The van der Waals surface area contributed by atoms with E-state index in [1.54, 1.807) is 0 Å². The van der Waals surface area contributed by atoms with Crippen LogP contribution in [0.15, 0.2) is 0 Å². The van der Waals surface area contributed by atoms with Gasteiger partial charge in [0.25, 0.3) is 0 Å². The van der Waals surface area contributed by atoms with E-state index in [1.807, 2.05) is 6.92 Å². The summed E-state index contributed by atoms with van der Waals surface area (Å²) in [5, 5.41) is 0. The van der Waals surface area contributed by atoms with Crippen LogP contribution in [0.2, 0.25) is 0 Å². The third-order valence-corrected chi connectivity index (χ3v) is 3.46. The Bertz CT molecular complexity index is 197. The van der Waals surface area contributed by atoms with E-state index in [9.17, 15) is 4.79 Å². The van der Waals surface area contributed by atoms with Gasteiger partial charge in [-0.05, 0) is 32.1 Å². The maximum Gasteiger partial charge on any atom is 0.239 e. The minimum absolute atomic E-state index is 0.188. The highest BCUT2D eigenvalue weighted by atomic mass is 16.2. The van der Waals surface area contributed by atoms with Crippen LogP contribution in [0.1, 0.15) is 39.0 Å². The quantitative estimate of drug-likeness (QED) is 0.689. The molecule has 3 nitrogen and oxygen atoms in total. The first-order chi connectivity index (χ1) is 6.24. The Balaban J connectivity index is 2.05. The molecule has 1 amide bonds. The second kappa shape index (κ2) is 3.29. The highest BCUT2D eigenvalue weighted by molar-refractivity contribution is 5.82. The fraction of sp³-hybridized carbons (Fsp3) is 0.900. The lowest BCUT2D eigenvalue weighted by molar-refractivity contribution is -0.133. The number of nitrogens with zero attached hydrogens (tertiary/aromatic N) is 1. The molecule has 2 saturated heterocycles. The minimum atomic E-state index is -0.263. The number of fused-ring (bicyclic) bond motifs is 2. The van der Waals surface area contributed by atoms with Crippen LogP contribution in [0.3, 0.4) is 0 Å². The molecule has 2 heterocycles. The molecule has 2 N–H and O–H groups in total. The molecule has 2 rings (SSSR count). The fourth-order valence-corrected chi connectivity index (χ4v) is 2.64. The topological polar surface area (TPSA) is 46.3 Å². The van der Waals surface area contributed by atoms with Crippen LogP contribution in [0, 0.1) is 0 Å². The predicted octanol–water partition coefficient (Wildman–Crippen LogP) is 0.877. The molecule has 1 unspecified atom stereocenters. The molecule has 0 spiro atoms. The van der Waals surface area contributed by atoms with E-state index in [0.29, 0.717) is 12.1 Å². The molecule has 1 atom stereocenters. The van der Waals surface area contributed by atoms with Gasteiger partial charge in [-0.25, -0.2) is 0 Å². The van der Waals surface area contributed by atoms with Gasteiger partial charge in [0.05, 0.1) is 6.04 Å². The van der Waals surface area contributed by atoms with E-state index in [-0.39, 0.29) is 11.9 Å². The van der Waals surface area contributed by atoms with Crippen molar-refractivity contribution in [1.29, 1.82) is 0 Å². The van der Waals surface area contributed by atoms with Crippen molar-refractivity contribution in [3.63, 3.8) is 0 Å². The molecule has 2 bridgehead atoms. The van der Waals surface area contributed by atoms with Crippen molar-refractivity contribution in [3.05, 3.63) is 0 Å². The Morgan fingerprint density at radius 3 is 2.23 bits per heavy atom. The lowest BCUT2D eigenvalue weighted by Crippen LogP contribution is -2.45. The fourth-order valence-electron chi connectivity index (χ4n) is 2.64. The van der Waals surface area contributed by atoms with Gasteiger partial charge in [0.15, 0.2) is 0 Å². The van der Waals surface area contributed by atoms with Crippen LogP contribution in [-0.4, -0.2) is 28.9 Å².